The largest absolute Gasteiger partial charge is 0.335 e. The second kappa shape index (κ2) is 6.67. The van der Waals surface area contributed by atoms with E-state index in [1.54, 1.807) is 6.07 Å². The fourth-order valence-electron chi connectivity index (χ4n) is 1.75. The van der Waals surface area contributed by atoms with Crippen LogP contribution < -0.4 is 9.80 Å². The first-order valence-corrected chi connectivity index (χ1v) is 6.09. The summed E-state index contributed by atoms with van der Waals surface area (Å²) in [5, 5.41) is 0. The van der Waals surface area contributed by atoms with E-state index in [-0.39, 0.29) is 0 Å². The Balaban J connectivity index is 2.60. The van der Waals surface area contributed by atoms with Crippen LogP contribution in [0.15, 0.2) is 18.2 Å². The highest BCUT2D eigenvalue weighted by Crippen LogP contribution is 2.07. The molecule has 0 aliphatic rings. The van der Waals surface area contributed by atoms with E-state index < -0.39 is 11.6 Å². The van der Waals surface area contributed by atoms with Gasteiger partial charge in [0.15, 0.2) is 0 Å². The summed E-state index contributed by atoms with van der Waals surface area (Å²) < 4.78 is 26.3. The van der Waals surface area contributed by atoms with Crippen LogP contribution in [0.1, 0.15) is 12.5 Å². The molecule has 0 aliphatic heterocycles. The van der Waals surface area contributed by atoms with Gasteiger partial charge in [0.05, 0.1) is 20.6 Å². The average Bonchev–Trinajstić information content (AvgIpc) is 2.26. The molecule has 0 aromatic heterocycles. The summed E-state index contributed by atoms with van der Waals surface area (Å²) >= 11 is 0. The molecule has 2 N–H and O–H groups in total. The molecule has 0 bridgehead atoms. The van der Waals surface area contributed by atoms with Crippen molar-refractivity contribution in [1.29, 1.82) is 0 Å². The van der Waals surface area contributed by atoms with Crippen molar-refractivity contribution in [3.05, 3.63) is 35.4 Å². The Labute approximate surface area is 102 Å². The van der Waals surface area contributed by atoms with Crippen LogP contribution in [0.3, 0.4) is 0 Å². The van der Waals surface area contributed by atoms with Crippen LogP contribution in [0.4, 0.5) is 8.78 Å². The first-order valence-electron chi connectivity index (χ1n) is 6.09. The smallest absolute Gasteiger partial charge is 0.134 e. The molecule has 1 atom stereocenters. The molecule has 0 radical (unpaired) electrons. The van der Waals surface area contributed by atoms with Crippen LogP contribution in [0.25, 0.3) is 0 Å². The van der Waals surface area contributed by atoms with Crippen LogP contribution in [-0.4, -0.2) is 33.7 Å². The maximum Gasteiger partial charge on any atom is 0.134 e. The Morgan fingerprint density at radius 2 is 1.82 bits per heavy atom. The number of benzene rings is 1. The highest BCUT2D eigenvalue weighted by molar-refractivity contribution is 5.17. The summed E-state index contributed by atoms with van der Waals surface area (Å²) in [7, 11) is 4.21. The molecule has 1 unspecified atom stereocenters. The van der Waals surface area contributed by atoms with Crippen LogP contribution in [0.2, 0.25) is 0 Å². The van der Waals surface area contributed by atoms with E-state index in [1.807, 2.05) is 0 Å². The zero-order chi connectivity index (χ0) is 12.8. The van der Waals surface area contributed by atoms with E-state index in [0.717, 1.165) is 25.7 Å². The molecular weight excluding hydrogens is 222 g/mol. The van der Waals surface area contributed by atoms with Gasteiger partial charge < -0.3 is 9.80 Å². The molecule has 0 spiro atoms. The van der Waals surface area contributed by atoms with Gasteiger partial charge in [-0.25, -0.2) is 8.78 Å². The first kappa shape index (κ1) is 14.1. The van der Waals surface area contributed by atoms with E-state index >= 15 is 0 Å². The molecule has 1 rings (SSSR count). The molecule has 17 heavy (non-hydrogen) atoms. The Morgan fingerprint density at radius 3 is 2.35 bits per heavy atom. The molecule has 4 heteroatoms. The van der Waals surface area contributed by atoms with Crippen molar-refractivity contribution in [2.75, 3.05) is 33.7 Å². The minimum Gasteiger partial charge on any atom is -0.335 e. The molecule has 2 nitrogen and oxygen atoms in total. The minimum atomic E-state index is -0.512. The number of quaternary nitrogens is 2. The molecule has 0 saturated heterocycles. The van der Waals surface area contributed by atoms with E-state index in [0.29, 0.717) is 12.1 Å². The Kier molecular flexibility index (Phi) is 5.51. The van der Waals surface area contributed by atoms with Crippen LogP contribution in [0.5, 0.6) is 0 Å². The van der Waals surface area contributed by atoms with Crippen molar-refractivity contribution in [3.8, 4) is 0 Å². The summed E-state index contributed by atoms with van der Waals surface area (Å²) in [6.45, 7) is 5.70. The van der Waals surface area contributed by atoms with E-state index in [4.69, 9.17) is 0 Å². The van der Waals surface area contributed by atoms with Gasteiger partial charge in [-0.2, -0.15) is 0 Å². The molecule has 0 heterocycles. The molecule has 1 aromatic rings. The predicted octanol–water partition coefficient (Wildman–Crippen LogP) is -0.486. The number of hydrogen-bond acceptors (Lipinski definition) is 0. The molecule has 0 saturated carbocycles. The van der Waals surface area contributed by atoms with Gasteiger partial charge in [-0.05, 0) is 19.1 Å². The SMILES string of the molecule is CC[NH+](CC[NH+](C)C)Cc1ccc(F)cc1F. The quantitative estimate of drug-likeness (QED) is 0.668. The Bertz CT molecular complexity index is 353. The van der Waals surface area contributed by atoms with Crippen LogP contribution >= 0.6 is 0 Å². The van der Waals surface area contributed by atoms with E-state index in [9.17, 15) is 8.78 Å². The summed E-state index contributed by atoms with van der Waals surface area (Å²) in [5.74, 6) is -0.949. The van der Waals surface area contributed by atoms with Crippen LogP contribution in [0, 0.1) is 11.6 Å². The first-order chi connectivity index (χ1) is 8.02. The molecule has 0 fully saturated rings. The third kappa shape index (κ3) is 4.79. The maximum atomic E-state index is 13.5. The van der Waals surface area contributed by atoms with Crippen molar-refractivity contribution in [3.63, 3.8) is 0 Å². The summed E-state index contributed by atoms with van der Waals surface area (Å²) in [5.41, 5.74) is 0.594. The predicted molar refractivity (Wildman–Crippen MR) is 64.1 cm³/mol. The molecule has 1 aromatic carbocycles. The Morgan fingerprint density at radius 1 is 1.12 bits per heavy atom. The van der Waals surface area contributed by atoms with Crippen molar-refractivity contribution in [2.24, 2.45) is 0 Å². The third-order valence-electron chi connectivity index (χ3n) is 2.93. The van der Waals surface area contributed by atoms with E-state index in [1.165, 1.54) is 15.9 Å². The average molecular weight is 244 g/mol. The lowest BCUT2D eigenvalue weighted by atomic mass is 10.2. The van der Waals surface area contributed by atoms with Crippen molar-refractivity contribution < 1.29 is 18.6 Å². The monoisotopic (exact) mass is 244 g/mol. The van der Waals surface area contributed by atoms with Gasteiger partial charge in [-0.1, -0.05) is 0 Å². The third-order valence-corrected chi connectivity index (χ3v) is 2.93. The topological polar surface area (TPSA) is 8.88 Å². The number of hydrogen-bond donors (Lipinski definition) is 2. The van der Waals surface area contributed by atoms with Crippen LogP contribution in [-0.2, 0) is 6.54 Å². The fraction of sp³-hybridized carbons (Fsp3) is 0.538. The second-order valence-electron chi connectivity index (χ2n) is 4.72. The van der Waals surface area contributed by atoms with E-state index in [2.05, 4.69) is 21.0 Å². The number of halogens is 2. The Hall–Kier alpha value is -1.00. The zero-order valence-electron chi connectivity index (χ0n) is 10.8. The molecular formula is C13H22F2N2+2. The summed E-state index contributed by atoms with van der Waals surface area (Å²) in [4.78, 5) is 2.70. The fourth-order valence-corrected chi connectivity index (χ4v) is 1.75. The highest BCUT2D eigenvalue weighted by atomic mass is 19.1. The van der Waals surface area contributed by atoms with Gasteiger partial charge in [0.2, 0.25) is 0 Å². The van der Waals surface area contributed by atoms with Gasteiger partial charge in [0, 0.05) is 11.6 Å². The van der Waals surface area contributed by atoms with Gasteiger partial charge >= 0.3 is 0 Å². The van der Waals surface area contributed by atoms with Gasteiger partial charge in [-0.15, -0.1) is 0 Å². The second-order valence-corrected chi connectivity index (χ2v) is 4.72. The lowest BCUT2D eigenvalue weighted by Crippen LogP contribution is -3.17. The van der Waals surface area contributed by atoms with Gasteiger partial charge in [-0.3, -0.25) is 0 Å². The normalized spacial score (nSPS) is 13.1. The molecule has 0 amide bonds. The lowest BCUT2D eigenvalue weighted by Gasteiger charge is -2.18. The summed E-state index contributed by atoms with van der Waals surface area (Å²) in [6.07, 6.45) is 0. The zero-order valence-corrected chi connectivity index (χ0v) is 10.8. The maximum absolute atomic E-state index is 13.5. The van der Waals surface area contributed by atoms with Gasteiger partial charge in [0.25, 0.3) is 0 Å². The number of rotatable bonds is 6. The molecule has 96 valence electrons. The minimum absolute atomic E-state index is 0.437. The molecule has 0 aliphatic carbocycles. The number of nitrogens with one attached hydrogen (secondary N) is 2. The highest BCUT2D eigenvalue weighted by Gasteiger charge is 2.12. The number of likely N-dealkylation sites (N-methyl/N-ethyl adjacent to an activating group) is 2. The standard InChI is InChI=1S/C13H20F2N2/c1-4-17(8-7-16(2)3)10-11-5-6-12(14)9-13(11)15/h5-6,9H,4,7-8,10H2,1-3H3/p+2. The van der Waals surface area contributed by atoms with Crippen molar-refractivity contribution in [1.82, 2.24) is 0 Å². The van der Waals surface area contributed by atoms with Crippen molar-refractivity contribution >= 4 is 0 Å². The van der Waals surface area contributed by atoms with Gasteiger partial charge in [0.1, 0.15) is 31.3 Å². The summed E-state index contributed by atoms with van der Waals surface area (Å²) in [6, 6.07) is 3.82. The van der Waals surface area contributed by atoms with Crippen molar-refractivity contribution in [2.45, 2.75) is 13.5 Å². The lowest BCUT2D eigenvalue weighted by molar-refractivity contribution is -0.949.